The van der Waals surface area contributed by atoms with Gasteiger partial charge in [0, 0.05) is 5.56 Å². The van der Waals surface area contributed by atoms with E-state index in [4.69, 9.17) is 4.74 Å². The Balaban J connectivity index is 2.10. The molecule has 0 aromatic heterocycles. The molecule has 0 saturated carbocycles. The van der Waals surface area contributed by atoms with Crippen LogP contribution in [0, 0.1) is 11.6 Å². The molecule has 0 saturated heterocycles. The summed E-state index contributed by atoms with van der Waals surface area (Å²) < 4.78 is 65.1. The summed E-state index contributed by atoms with van der Waals surface area (Å²) in [5.74, 6) is -5.76. The van der Waals surface area contributed by atoms with Crippen molar-refractivity contribution in [3.8, 4) is 5.75 Å². The van der Waals surface area contributed by atoms with E-state index < -0.39 is 41.7 Å². The van der Waals surface area contributed by atoms with E-state index >= 15 is 0 Å². The van der Waals surface area contributed by atoms with Gasteiger partial charge in [0.15, 0.2) is 17.4 Å². The molecule has 5 nitrogen and oxygen atoms in total. The number of para-hydroxylation sites is 2. The fourth-order valence-electron chi connectivity index (χ4n) is 2.68. The molecule has 0 radical (unpaired) electrons. The lowest BCUT2D eigenvalue weighted by atomic mass is 10.0. The van der Waals surface area contributed by atoms with Gasteiger partial charge in [-0.3, -0.25) is 9.69 Å². The first-order chi connectivity index (χ1) is 12.8. The Morgan fingerprint density at radius 3 is 2.59 bits per heavy atom. The number of benzene rings is 2. The number of halogens is 4. The molecule has 2 aromatic carbocycles. The van der Waals surface area contributed by atoms with E-state index in [0.717, 1.165) is 12.1 Å². The number of alkyl halides is 2. The highest BCUT2D eigenvalue weighted by Crippen LogP contribution is 2.40. The Morgan fingerprint density at radius 1 is 1.19 bits per heavy atom. The van der Waals surface area contributed by atoms with Crippen LogP contribution in [0.3, 0.4) is 0 Å². The average Bonchev–Trinajstić information content (AvgIpc) is 2.62. The number of esters is 1. The SMILES string of the molecule is CCOC(=O)c1ccc(F)c(F)c1CN1C(=O)C(F)(F)Oc2ccccc21. The third-order valence-electron chi connectivity index (χ3n) is 3.90. The summed E-state index contributed by atoms with van der Waals surface area (Å²) in [4.78, 5) is 24.7. The molecule has 1 amide bonds. The standard InChI is InChI=1S/C18H13F4NO4/c1-2-26-16(24)10-7-8-12(19)15(20)11(10)9-23-13-5-3-4-6-14(13)27-18(21,22)17(23)25/h3-8H,2,9H2,1H3. The molecule has 9 heteroatoms. The molecule has 0 spiro atoms. The molecule has 142 valence electrons. The average molecular weight is 383 g/mol. The van der Waals surface area contributed by atoms with Gasteiger partial charge in [0.1, 0.15) is 0 Å². The number of amides is 1. The maximum Gasteiger partial charge on any atom is 0.482 e. The fourth-order valence-corrected chi connectivity index (χ4v) is 2.68. The minimum atomic E-state index is -4.19. The quantitative estimate of drug-likeness (QED) is 0.597. The number of nitrogens with zero attached hydrogens (tertiary/aromatic N) is 1. The van der Waals surface area contributed by atoms with E-state index in [1.165, 1.54) is 31.2 Å². The second-order valence-corrected chi connectivity index (χ2v) is 5.59. The number of ether oxygens (including phenoxy) is 2. The van der Waals surface area contributed by atoms with E-state index in [1.807, 2.05) is 0 Å². The highest BCUT2D eigenvalue weighted by molar-refractivity contribution is 6.01. The van der Waals surface area contributed by atoms with Gasteiger partial charge in [0.25, 0.3) is 0 Å². The lowest BCUT2D eigenvalue weighted by Gasteiger charge is -2.33. The molecule has 1 heterocycles. The van der Waals surface area contributed by atoms with Gasteiger partial charge < -0.3 is 9.47 Å². The third kappa shape index (κ3) is 3.32. The molecule has 1 aliphatic heterocycles. The molecular formula is C18H13F4NO4. The Morgan fingerprint density at radius 2 is 1.89 bits per heavy atom. The van der Waals surface area contributed by atoms with Crippen molar-refractivity contribution < 1.29 is 36.6 Å². The zero-order valence-corrected chi connectivity index (χ0v) is 14.0. The first-order valence-corrected chi connectivity index (χ1v) is 7.88. The summed E-state index contributed by atoms with van der Waals surface area (Å²) in [6, 6.07) is 7.08. The van der Waals surface area contributed by atoms with Gasteiger partial charge >= 0.3 is 18.0 Å². The summed E-state index contributed by atoms with van der Waals surface area (Å²) in [5.41, 5.74) is -1.00. The van der Waals surface area contributed by atoms with Crippen molar-refractivity contribution in [3.05, 3.63) is 59.2 Å². The number of hydrogen-bond acceptors (Lipinski definition) is 4. The topological polar surface area (TPSA) is 55.8 Å². The van der Waals surface area contributed by atoms with Crippen molar-refractivity contribution in [2.24, 2.45) is 0 Å². The number of carbonyl (C=O) groups excluding carboxylic acids is 2. The first-order valence-electron chi connectivity index (χ1n) is 7.88. The predicted molar refractivity (Wildman–Crippen MR) is 85.5 cm³/mol. The van der Waals surface area contributed by atoms with Gasteiger partial charge in [-0.25, -0.2) is 13.6 Å². The van der Waals surface area contributed by atoms with Gasteiger partial charge in [0.2, 0.25) is 0 Å². The van der Waals surface area contributed by atoms with Crippen molar-refractivity contribution in [1.82, 2.24) is 0 Å². The van der Waals surface area contributed by atoms with Crippen LogP contribution in [0.25, 0.3) is 0 Å². The number of carbonyl (C=O) groups is 2. The fraction of sp³-hybridized carbons (Fsp3) is 0.222. The number of fused-ring (bicyclic) bond motifs is 1. The molecular weight excluding hydrogens is 370 g/mol. The highest BCUT2D eigenvalue weighted by Gasteiger charge is 2.50. The number of hydrogen-bond donors (Lipinski definition) is 0. The largest absolute Gasteiger partial charge is 0.482 e. The maximum absolute atomic E-state index is 14.4. The van der Waals surface area contributed by atoms with Gasteiger partial charge in [-0.2, -0.15) is 8.78 Å². The Kier molecular flexibility index (Phi) is 4.77. The molecule has 0 unspecified atom stereocenters. The summed E-state index contributed by atoms with van der Waals surface area (Å²) in [7, 11) is 0. The van der Waals surface area contributed by atoms with E-state index in [-0.39, 0.29) is 23.6 Å². The molecule has 1 aliphatic rings. The van der Waals surface area contributed by atoms with Gasteiger partial charge in [0.05, 0.1) is 24.4 Å². The lowest BCUT2D eigenvalue weighted by Crippen LogP contribution is -2.50. The van der Waals surface area contributed by atoms with Crippen LogP contribution < -0.4 is 9.64 Å². The van der Waals surface area contributed by atoms with Crippen LogP contribution in [-0.2, 0) is 16.1 Å². The van der Waals surface area contributed by atoms with E-state index in [1.54, 1.807) is 0 Å². The van der Waals surface area contributed by atoms with Crippen LogP contribution in [-0.4, -0.2) is 24.6 Å². The van der Waals surface area contributed by atoms with Crippen LogP contribution in [0.1, 0.15) is 22.8 Å². The smallest absolute Gasteiger partial charge is 0.462 e. The van der Waals surface area contributed by atoms with Crippen molar-refractivity contribution in [1.29, 1.82) is 0 Å². The maximum atomic E-state index is 14.4. The molecule has 0 bridgehead atoms. The molecule has 0 atom stereocenters. The van der Waals surface area contributed by atoms with Crippen molar-refractivity contribution >= 4 is 17.6 Å². The monoisotopic (exact) mass is 383 g/mol. The summed E-state index contributed by atoms with van der Waals surface area (Å²) in [6.45, 7) is 0.668. The van der Waals surface area contributed by atoms with Crippen LogP contribution in [0.2, 0.25) is 0 Å². The molecule has 27 heavy (non-hydrogen) atoms. The third-order valence-corrected chi connectivity index (χ3v) is 3.90. The van der Waals surface area contributed by atoms with E-state index in [0.29, 0.717) is 4.90 Å². The normalized spacial score (nSPS) is 15.1. The summed E-state index contributed by atoms with van der Waals surface area (Å²) in [5, 5.41) is 0. The van der Waals surface area contributed by atoms with Crippen LogP contribution in [0.5, 0.6) is 5.75 Å². The van der Waals surface area contributed by atoms with Crippen LogP contribution >= 0.6 is 0 Å². The molecule has 0 aliphatic carbocycles. The van der Waals surface area contributed by atoms with Crippen LogP contribution in [0.15, 0.2) is 36.4 Å². The number of rotatable bonds is 4. The zero-order valence-electron chi connectivity index (χ0n) is 14.0. The Bertz CT molecular complexity index is 916. The van der Waals surface area contributed by atoms with Crippen molar-refractivity contribution in [2.75, 3.05) is 11.5 Å². The Hall–Kier alpha value is -3.10. The van der Waals surface area contributed by atoms with Crippen LogP contribution in [0.4, 0.5) is 23.2 Å². The van der Waals surface area contributed by atoms with Gasteiger partial charge in [-0.15, -0.1) is 0 Å². The second kappa shape index (κ2) is 6.90. The highest BCUT2D eigenvalue weighted by atomic mass is 19.3. The minimum absolute atomic E-state index is 0.0331. The summed E-state index contributed by atoms with van der Waals surface area (Å²) in [6.07, 6.45) is -4.19. The second-order valence-electron chi connectivity index (χ2n) is 5.59. The number of anilines is 1. The summed E-state index contributed by atoms with van der Waals surface area (Å²) >= 11 is 0. The molecule has 0 fully saturated rings. The molecule has 3 rings (SSSR count). The Labute approximate surface area is 151 Å². The van der Waals surface area contributed by atoms with Gasteiger partial charge in [-0.05, 0) is 31.2 Å². The van der Waals surface area contributed by atoms with Crippen molar-refractivity contribution in [3.63, 3.8) is 0 Å². The van der Waals surface area contributed by atoms with E-state index in [9.17, 15) is 27.2 Å². The predicted octanol–water partition coefficient (Wildman–Crippen LogP) is 3.66. The van der Waals surface area contributed by atoms with Gasteiger partial charge in [-0.1, -0.05) is 12.1 Å². The zero-order chi connectivity index (χ0) is 19.8. The van der Waals surface area contributed by atoms with Crippen molar-refractivity contribution in [2.45, 2.75) is 19.6 Å². The minimum Gasteiger partial charge on any atom is -0.462 e. The van der Waals surface area contributed by atoms with E-state index in [2.05, 4.69) is 4.74 Å². The molecule has 2 aromatic rings. The first kappa shape index (κ1) is 18.7. The lowest BCUT2D eigenvalue weighted by molar-refractivity contribution is -0.193. The molecule has 0 N–H and O–H groups in total.